The Balaban J connectivity index is 1.44. The molecule has 3 aliphatic rings. The first-order valence-corrected chi connectivity index (χ1v) is 10.2. The zero-order chi connectivity index (χ0) is 16.8. The second-order valence-corrected chi connectivity index (χ2v) is 8.02. The van der Waals surface area contributed by atoms with Crippen LogP contribution in [0, 0.1) is 11.8 Å². The zero-order valence-electron chi connectivity index (χ0n) is 15.3. The number of aliphatic imine (C=N–C) groups is 1. The molecule has 2 saturated carbocycles. The molecule has 2 aliphatic carbocycles. The molecule has 3 unspecified atom stereocenters. The summed E-state index contributed by atoms with van der Waals surface area (Å²) in [5.74, 6) is 2.22. The number of aliphatic hydroxyl groups is 1. The molecule has 0 aromatic heterocycles. The van der Waals surface area contributed by atoms with Gasteiger partial charge in [-0.1, -0.05) is 19.3 Å². The first-order valence-electron chi connectivity index (χ1n) is 10.2. The molecule has 3 N–H and O–H groups in total. The Kier molecular flexibility index (Phi) is 6.78. The minimum atomic E-state index is -0.148. The molecule has 1 saturated heterocycles. The third-order valence-electron chi connectivity index (χ3n) is 6.05. The first kappa shape index (κ1) is 18.0. The maximum atomic E-state index is 9.97. The molecule has 0 radical (unpaired) electrons. The molecule has 1 aliphatic heterocycles. The third-order valence-corrected chi connectivity index (χ3v) is 6.05. The van der Waals surface area contributed by atoms with E-state index in [0.29, 0.717) is 12.0 Å². The van der Waals surface area contributed by atoms with E-state index in [1.807, 2.05) is 0 Å². The molecule has 3 rings (SSSR count). The summed E-state index contributed by atoms with van der Waals surface area (Å²) >= 11 is 0. The molecule has 1 heterocycles. The van der Waals surface area contributed by atoms with E-state index < -0.39 is 0 Å². The summed E-state index contributed by atoms with van der Waals surface area (Å²) < 4.78 is 0. The number of nitrogens with zero attached hydrogens (tertiary/aromatic N) is 2. The normalized spacial score (nSPS) is 32.6. The van der Waals surface area contributed by atoms with Gasteiger partial charge < -0.3 is 20.6 Å². The Hall–Kier alpha value is -0.810. The van der Waals surface area contributed by atoms with Gasteiger partial charge in [0.15, 0.2) is 5.96 Å². The predicted molar refractivity (Wildman–Crippen MR) is 99.3 cm³/mol. The average molecular weight is 337 g/mol. The number of hydrogen-bond acceptors (Lipinski definition) is 3. The highest BCUT2D eigenvalue weighted by molar-refractivity contribution is 5.80. The van der Waals surface area contributed by atoms with Gasteiger partial charge >= 0.3 is 0 Å². The largest absolute Gasteiger partial charge is 0.393 e. The van der Waals surface area contributed by atoms with Crippen LogP contribution in [0.3, 0.4) is 0 Å². The number of rotatable bonds is 6. The standard InChI is InChI=1S/C19H36N4O/c1-2-20-19(21-12-16-8-5-9-18(16)24)22-17-10-11-23(14-17)13-15-6-3-4-7-15/h15-18,24H,2-14H2,1H3,(H2,20,21,22). The Morgan fingerprint density at radius 2 is 1.96 bits per heavy atom. The molecule has 0 amide bonds. The lowest BCUT2D eigenvalue weighted by atomic mass is 10.1. The van der Waals surface area contributed by atoms with Crippen LogP contribution in [0.5, 0.6) is 0 Å². The topological polar surface area (TPSA) is 59.9 Å². The molecule has 138 valence electrons. The van der Waals surface area contributed by atoms with Crippen molar-refractivity contribution in [2.24, 2.45) is 16.8 Å². The lowest BCUT2D eigenvalue weighted by molar-refractivity contribution is 0.136. The van der Waals surface area contributed by atoms with Gasteiger partial charge in [-0.25, -0.2) is 0 Å². The Labute approximate surface area is 147 Å². The van der Waals surface area contributed by atoms with E-state index in [4.69, 9.17) is 4.99 Å². The van der Waals surface area contributed by atoms with E-state index in [2.05, 4.69) is 22.5 Å². The summed E-state index contributed by atoms with van der Waals surface area (Å²) in [6, 6.07) is 0.512. The van der Waals surface area contributed by atoms with Gasteiger partial charge in [-0.05, 0) is 44.9 Å². The Morgan fingerprint density at radius 1 is 1.12 bits per heavy atom. The molecule has 24 heavy (non-hydrogen) atoms. The zero-order valence-corrected chi connectivity index (χ0v) is 15.3. The minimum Gasteiger partial charge on any atom is -0.393 e. The van der Waals surface area contributed by atoms with Crippen molar-refractivity contribution in [1.82, 2.24) is 15.5 Å². The van der Waals surface area contributed by atoms with Crippen molar-refractivity contribution in [2.75, 3.05) is 32.7 Å². The van der Waals surface area contributed by atoms with E-state index >= 15 is 0 Å². The minimum absolute atomic E-state index is 0.148. The highest BCUT2D eigenvalue weighted by Gasteiger charge is 2.27. The summed E-state index contributed by atoms with van der Waals surface area (Å²) in [5.41, 5.74) is 0. The van der Waals surface area contributed by atoms with E-state index in [-0.39, 0.29) is 6.10 Å². The van der Waals surface area contributed by atoms with Crippen LogP contribution in [0.1, 0.15) is 58.3 Å². The van der Waals surface area contributed by atoms with Gasteiger partial charge in [-0.3, -0.25) is 4.99 Å². The molecule has 0 spiro atoms. The molecular weight excluding hydrogens is 300 g/mol. The van der Waals surface area contributed by atoms with Gasteiger partial charge in [0.1, 0.15) is 0 Å². The SMILES string of the molecule is CCNC(=NCC1CCCC1O)NC1CCN(CC2CCCC2)C1. The quantitative estimate of drug-likeness (QED) is 0.513. The summed E-state index contributed by atoms with van der Waals surface area (Å²) in [6.45, 7) is 7.40. The third kappa shape index (κ3) is 5.09. The fourth-order valence-corrected chi connectivity index (χ4v) is 4.63. The van der Waals surface area contributed by atoms with E-state index in [1.54, 1.807) is 0 Å². The van der Waals surface area contributed by atoms with Gasteiger partial charge in [0.25, 0.3) is 0 Å². The van der Waals surface area contributed by atoms with Crippen LogP contribution >= 0.6 is 0 Å². The number of aliphatic hydroxyl groups excluding tert-OH is 1. The fraction of sp³-hybridized carbons (Fsp3) is 0.947. The fourth-order valence-electron chi connectivity index (χ4n) is 4.63. The van der Waals surface area contributed by atoms with E-state index in [9.17, 15) is 5.11 Å². The Morgan fingerprint density at radius 3 is 2.67 bits per heavy atom. The summed E-state index contributed by atoms with van der Waals surface area (Å²) in [5, 5.41) is 17.0. The van der Waals surface area contributed by atoms with Crippen LogP contribution in [0.4, 0.5) is 0 Å². The molecule has 0 aromatic carbocycles. The van der Waals surface area contributed by atoms with Crippen molar-refractivity contribution in [1.29, 1.82) is 0 Å². The van der Waals surface area contributed by atoms with Crippen molar-refractivity contribution < 1.29 is 5.11 Å². The lowest BCUT2D eigenvalue weighted by Crippen LogP contribution is -2.45. The second-order valence-electron chi connectivity index (χ2n) is 8.02. The van der Waals surface area contributed by atoms with Crippen molar-refractivity contribution in [3.8, 4) is 0 Å². The van der Waals surface area contributed by atoms with Crippen LogP contribution in [-0.4, -0.2) is 60.8 Å². The molecule has 0 aromatic rings. The summed E-state index contributed by atoms with van der Waals surface area (Å²) in [6.07, 6.45) is 10.0. The van der Waals surface area contributed by atoms with Gasteiger partial charge in [0.2, 0.25) is 0 Å². The number of nitrogens with one attached hydrogen (secondary N) is 2. The van der Waals surface area contributed by atoms with E-state index in [0.717, 1.165) is 50.8 Å². The molecule has 3 atom stereocenters. The summed E-state index contributed by atoms with van der Waals surface area (Å²) in [4.78, 5) is 7.39. The molecule has 3 fully saturated rings. The monoisotopic (exact) mass is 336 g/mol. The second kappa shape index (κ2) is 9.04. The highest BCUT2D eigenvalue weighted by Crippen LogP contribution is 2.27. The van der Waals surface area contributed by atoms with Gasteiger partial charge in [0.05, 0.1) is 6.10 Å². The lowest BCUT2D eigenvalue weighted by Gasteiger charge is -2.21. The maximum Gasteiger partial charge on any atom is 0.191 e. The molecule has 5 heteroatoms. The smallest absolute Gasteiger partial charge is 0.191 e. The first-order chi connectivity index (χ1) is 11.7. The number of guanidine groups is 1. The Bertz CT molecular complexity index is 408. The van der Waals surface area contributed by atoms with Crippen LogP contribution < -0.4 is 10.6 Å². The molecule has 5 nitrogen and oxygen atoms in total. The van der Waals surface area contributed by atoms with Gasteiger partial charge in [0, 0.05) is 44.7 Å². The summed E-state index contributed by atoms with van der Waals surface area (Å²) in [7, 11) is 0. The van der Waals surface area contributed by atoms with Crippen LogP contribution in [0.2, 0.25) is 0 Å². The average Bonchev–Trinajstić information content (AvgIpc) is 3.30. The molecular formula is C19H36N4O. The van der Waals surface area contributed by atoms with Crippen LogP contribution in [0.15, 0.2) is 4.99 Å². The van der Waals surface area contributed by atoms with Crippen LogP contribution in [-0.2, 0) is 0 Å². The van der Waals surface area contributed by atoms with Crippen LogP contribution in [0.25, 0.3) is 0 Å². The van der Waals surface area contributed by atoms with Crippen molar-refractivity contribution in [3.05, 3.63) is 0 Å². The van der Waals surface area contributed by atoms with Crippen molar-refractivity contribution in [3.63, 3.8) is 0 Å². The van der Waals surface area contributed by atoms with E-state index in [1.165, 1.54) is 45.2 Å². The van der Waals surface area contributed by atoms with Crippen molar-refractivity contribution >= 4 is 5.96 Å². The van der Waals surface area contributed by atoms with Gasteiger partial charge in [-0.15, -0.1) is 0 Å². The van der Waals surface area contributed by atoms with Gasteiger partial charge in [-0.2, -0.15) is 0 Å². The number of likely N-dealkylation sites (tertiary alicyclic amines) is 1. The highest BCUT2D eigenvalue weighted by atomic mass is 16.3. The molecule has 0 bridgehead atoms. The number of hydrogen-bond donors (Lipinski definition) is 3. The predicted octanol–water partition coefficient (Wildman–Crippen LogP) is 1.97. The van der Waals surface area contributed by atoms with Crippen molar-refractivity contribution in [2.45, 2.75) is 70.4 Å². The maximum absolute atomic E-state index is 9.97.